The summed E-state index contributed by atoms with van der Waals surface area (Å²) in [5, 5.41) is 1.89. The average molecular weight is 335 g/mol. The molecule has 7 heteroatoms. The van der Waals surface area contributed by atoms with Gasteiger partial charge < -0.3 is 9.47 Å². The number of Topliss-reactive ketones (excluding diaryl/α,β-unsaturated/α-hetero) is 1. The zero-order chi connectivity index (χ0) is 18.3. The molecule has 0 heterocycles. The Kier molecular flexibility index (Phi) is 7.10. The van der Waals surface area contributed by atoms with E-state index in [2.05, 4.69) is 4.74 Å². The van der Waals surface area contributed by atoms with Crippen LogP contribution in [0, 0.1) is 13.8 Å². The van der Waals surface area contributed by atoms with E-state index in [0.717, 1.165) is 18.2 Å². The molecule has 7 nitrogen and oxygen atoms in total. The lowest BCUT2D eigenvalue weighted by molar-refractivity contribution is -0.154. The van der Waals surface area contributed by atoms with Crippen LogP contribution >= 0.6 is 0 Å². The molecule has 2 amide bonds. The first kappa shape index (κ1) is 19.3. The summed E-state index contributed by atoms with van der Waals surface area (Å²) in [4.78, 5) is 46.3. The first-order valence-corrected chi connectivity index (χ1v) is 7.43. The number of methoxy groups -OCH3 is 1. The average Bonchev–Trinajstić information content (AvgIpc) is 2.54. The Morgan fingerprint density at radius 2 is 1.79 bits per heavy atom. The van der Waals surface area contributed by atoms with Gasteiger partial charge in [-0.25, -0.2) is 4.79 Å². The molecule has 0 saturated heterocycles. The van der Waals surface area contributed by atoms with E-state index >= 15 is 0 Å². The fraction of sp³-hybridized carbons (Fsp3) is 0.412. The Hall–Kier alpha value is -2.70. The van der Waals surface area contributed by atoms with Crippen LogP contribution in [0.15, 0.2) is 18.2 Å². The lowest BCUT2D eigenvalue weighted by atomic mass is 9.99. The molecule has 1 aromatic carbocycles. The summed E-state index contributed by atoms with van der Waals surface area (Å²) < 4.78 is 9.16. The maximum atomic E-state index is 12.2. The lowest BCUT2D eigenvalue weighted by Gasteiger charge is -2.12. The number of carbonyl (C=O) groups excluding carboxylic acids is 4. The molecule has 1 rings (SSSR count). The van der Waals surface area contributed by atoms with Crippen LogP contribution in [0.3, 0.4) is 0 Å². The molecule has 0 saturated carbocycles. The number of hydrogen-bond donors (Lipinski definition) is 1. The molecule has 0 radical (unpaired) electrons. The van der Waals surface area contributed by atoms with E-state index < -0.39 is 24.1 Å². The van der Waals surface area contributed by atoms with Crippen molar-refractivity contribution in [2.45, 2.75) is 39.7 Å². The van der Waals surface area contributed by atoms with Gasteiger partial charge in [0.05, 0.1) is 13.5 Å². The van der Waals surface area contributed by atoms with Gasteiger partial charge in [-0.3, -0.25) is 19.7 Å². The van der Waals surface area contributed by atoms with Crippen LogP contribution in [0.1, 0.15) is 41.3 Å². The van der Waals surface area contributed by atoms with Crippen LogP contribution in [0.25, 0.3) is 0 Å². The first-order chi connectivity index (χ1) is 11.2. The van der Waals surface area contributed by atoms with Crippen molar-refractivity contribution in [2.75, 3.05) is 7.11 Å². The van der Waals surface area contributed by atoms with Gasteiger partial charge in [-0.2, -0.15) is 0 Å². The van der Waals surface area contributed by atoms with E-state index in [1.165, 1.54) is 6.92 Å². The molecular weight excluding hydrogens is 314 g/mol. The number of amides is 2. The highest BCUT2D eigenvalue weighted by molar-refractivity contribution is 5.99. The van der Waals surface area contributed by atoms with E-state index in [1.807, 2.05) is 31.3 Å². The standard InChI is InChI=1S/C17H21NO6/c1-10-5-6-11(2)13(9-10)14(19)7-8-15(20)24-12(3)16(21)18-17(22)23-4/h5-6,9,12H,7-8H2,1-4H3,(H,18,21,22)/t12-/m1/s1. The van der Waals surface area contributed by atoms with Gasteiger partial charge in [0.2, 0.25) is 0 Å². The number of rotatable bonds is 6. The third kappa shape index (κ3) is 5.83. The molecule has 24 heavy (non-hydrogen) atoms. The van der Waals surface area contributed by atoms with Crippen LogP contribution < -0.4 is 5.32 Å². The van der Waals surface area contributed by atoms with Crippen LogP contribution in [0.5, 0.6) is 0 Å². The minimum Gasteiger partial charge on any atom is -0.453 e. The molecular formula is C17H21NO6. The van der Waals surface area contributed by atoms with Gasteiger partial charge in [-0.1, -0.05) is 17.7 Å². The normalized spacial score (nSPS) is 11.3. The summed E-state index contributed by atoms with van der Waals surface area (Å²) in [6.45, 7) is 5.03. The van der Waals surface area contributed by atoms with E-state index in [4.69, 9.17) is 4.74 Å². The van der Waals surface area contributed by atoms with E-state index in [0.29, 0.717) is 5.56 Å². The maximum absolute atomic E-state index is 12.2. The zero-order valence-corrected chi connectivity index (χ0v) is 14.2. The van der Waals surface area contributed by atoms with Crippen LogP contribution in [-0.4, -0.2) is 37.0 Å². The minimum absolute atomic E-state index is 0.0194. The summed E-state index contributed by atoms with van der Waals surface area (Å²) in [6.07, 6.45) is -2.27. The number of benzene rings is 1. The second kappa shape index (κ2) is 8.81. The topological polar surface area (TPSA) is 98.8 Å². The zero-order valence-electron chi connectivity index (χ0n) is 14.2. The fourth-order valence-electron chi connectivity index (χ4n) is 1.95. The van der Waals surface area contributed by atoms with Crippen molar-refractivity contribution in [2.24, 2.45) is 0 Å². The molecule has 0 aliphatic carbocycles. The quantitative estimate of drug-likeness (QED) is 0.631. The van der Waals surface area contributed by atoms with Gasteiger partial charge in [0, 0.05) is 12.0 Å². The predicted octanol–water partition coefficient (Wildman–Crippen LogP) is 2.08. The second-order valence-corrected chi connectivity index (χ2v) is 5.35. The highest BCUT2D eigenvalue weighted by atomic mass is 16.6. The number of alkyl carbamates (subject to hydrolysis) is 1. The summed E-state index contributed by atoms with van der Waals surface area (Å²) in [5.41, 5.74) is 2.36. The molecule has 1 aromatic rings. The Bertz CT molecular complexity index is 652. The predicted molar refractivity (Wildman–Crippen MR) is 85.6 cm³/mol. The molecule has 1 N–H and O–H groups in total. The third-order valence-corrected chi connectivity index (χ3v) is 3.34. The van der Waals surface area contributed by atoms with Crippen molar-refractivity contribution in [1.82, 2.24) is 5.32 Å². The highest BCUT2D eigenvalue weighted by Crippen LogP contribution is 2.14. The number of esters is 1. The molecule has 0 aromatic heterocycles. The third-order valence-electron chi connectivity index (χ3n) is 3.34. The maximum Gasteiger partial charge on any atom is 0.413 e. The molecule has 0 spiro atoms. The molecule has 130 valence electrons. The van der Waals surface area contributed by atoms with Gasteiger partial charge in [0.25, 0.3) is 5.91 Å². The number of nitrogens with one attached hydrogen (secondary N) is 1. The SMILES string of the molecule is COC(=O)NC(=O)[C@@H](C)OC(=O)CCC(=O)c1cc(C)ccc1C. The Morgan fingerprint density at radius 3 is 2.42 bits per heavy atom. The smallest absolute Gasteiger partial charge is 0.413 e. The van der Waals surface area contributed by atoms with E-state index in [1.54, 1.807) is 6.07 Å². The molecule has 0 aliphatic rings. The monoisotopic (exact) mass is 335 g/mol. The summed E-state index contributed by atoms with van der Waals surface area (Å²) >= 11 is 0. The van der Waals surface area contributed by atoms with Crippen LogP contribution in [-0.2, 0) is 19.1 Å². The Labute approximate surface area is 140 Å². The van der Waals surface area contributed by atoms with Gasteiger partial charge in [0.1, 0.15) is 0 Å². The fourth-order valence-corrected chi connectivity index (χ4v) is 1.95. The Morgan fingerprint density at radius 1 is 1.12 bits per heavy atom. The molecule has 0 fully saturated rings. The largest absolute Gasteiger partial charge is 0.453 e. The Balaban J connectivity index is 2.51. The summed E-state index contributed by atoms with van der Waals surface area (Å²) in [5.74, 6) is -1.66. The van der Waals surface area contributed by atoms with Crippen LogP contribution in [0.2, 0.25) is 0 Å². The number of carbonyl (C=O) groups is 4. The van der Waals surface area contributed by atoms with Gasteiger partial charge in [0.15, 0.2) is 11.9 Å². The van der Waals surface area contributed by atoms with Crippen molar-refractivity contribution >= 4 is 23.8 Å². The molecule has 1 atom stereocenters. The van der Waals surface area contributed by atoms with Crippen molar-refractivity contribution in [3.05, 3.63) is 34.9 Å². The number of imide groups is 1. The van der Waals surface area contributed by atoms with Gasteiger partial charge in [-0.15, -0.1) is 0 Å². The second-order valence-electron chi connectivity index (χ2n) is 5.35. The van der Waals surface area contributed by atoms with Crippen molar-refractivity contribution in [3.8, 4) is 0 Å². The summed E-state index contributed by atoms with van der Waals surface area (Å²) in [7, 11) is 1.11. The van der Waals surface area contributed by atoms with Crippen molar-refractivity contribution < 1.29 is 28.7 Å². The number of hydrogen-bond acceptors (Lipinski definition) is 6. The van der Waals surface area contributed by atoms with E-state index in [-0.39, 0.29) is 18.6 Å². The first-order valence-electron chi connectivity index (χ1n) is 7.43. The van der Waals surface area contributed by atoms with Gasteiger partial charge >= 0.3 is 12.1 Å². The number of ether oxygens (including phenoxy) is 2. The van der Waals surface area contributed by atoms with E-state index in [9.17, 15) is 19.2 Å². The molecule has 0 unspecified atom stereocenters. The van der Waals surface area contributed by atoms with Crippen LogP contribution in [0.4, 0.5) is 4.79 Å². The highest BCUT2D eigenvalue weighted by Gasteiger charge is 2.21. The number of ketones is 1. The molecule has 0 bridgehead atoms. The summed E-state index contributed by atoms with van der Waals surface area (Å²) in [6, 6.07) is 5.53. The minimum atomic E-state index is -1.16. The molecule has 0 aliphatic heterocycles. The number of aryl methyl sites for hydroxylation is 2. The van der Waals surface area contributed by atoms with Crippen molar-refractivity contribution in [3.63, 3.8) is 0 Å². The lowest BCUT2D eigenvalue weighted by Crippen LogP contribution is -2.39. The van der Waals surface area contributed by atoms with Crippen molar-refractivity contribution in [1.29, 1.82) is 0 Å². The van der Waals surface area contributed by atoms with Gasteiger partial charge in [-0.05, 0) is 32.4 Å².